The molecule has 0 unspecified atom stereocenters. The van der Waals surface area contributed by atoms with Crippen LogP contribution in [0.5, 0.6) is 0 Å². The molecule has 0 aromatic rings. The molecule has 25 nitrogen and oxygen atoms in total. The number of carbonyl (C=O) groups is 8. The number of primary amides is 1. The first kappa shape index (κ1) is 57.9. The molecule has 0 aromatic carbocycles. The van der Waals surface area contributed by atoms with Gasteiger partial charge in [-0.1, -0.05) is 20.8 Å². The van der Waals surface area contributed by atoms with Gasteiger partial charge in [-0.25, -0.2) is 0 Å². The fraction of sp³-hybridized carbons (Fsp3) is 0.711. The smallest absolute Gasteiger partial charge is 0.243 e. The standard InChI is InChI=1S/C38H73N17O8S/c1-19(2)27(55-34(62)26(13-10-17-48-38(44)45)54-31(59)21(4)49-29(57)20(3)11-8-15-46-36(40)41)35(63)51-23(6)32(60)53-25(12-9-16-47-37(42)43)33(61)50-22(5)30(58)52-24(28(39)56)14-18-64-7/h19-27H,8-18H2,1-7H3,(H2,39,56)(H,49,57)(H,50,61)(H,51,63)(H,52,58)(H,53,60)(H,54,59)(H,55,62)(H4,40,41,46)(H4,42,43,47)(H4,44,45,48)/t20-,21-,22-,23-,24-,25-,26-,27-/m0/s1. The lowest BCUT2D eigenvalue weighted by Gasteiger charge is -2.28. The van der Waals surface area contributed by atoms with Crippen molar-refractivity contribution >= 4 is 76.9 Å². The van der Waals surface area contributed by atoms with Crippen LogP contribution in [0.2, 0.25) is 0 Å². The van der Waals surface area contributed by atoms with Crippen LogP contribution in [0.25, 0.3) is 0 Å². The van der Waals surface area contributed by atoms with Gasteiger partial charge in [0.1, 0.15) is 42.3 Å². The highest BCUT2D eigenvalue weighted by Crippen LogP contribution is 2.09. The molecule has 0 spiro atoms. The molecule has 0 radical (unpaired) electrons. The lowest BCUT2D eigenvalue weighted by molar-refractivity contribution is -0.136. The van der Waals surface area contributed by atoms with E-state index in [-0.39, 0.29) is 63.1 Å². The fourth-order valence-corrected chi connectivity index (χ4v) is 6.20. The summed E-state index contributed by atoms with van der Waals surface area (Å²) in [6.45, 7) is 9.93. The van der Waals surface area contributed by atoms with Gasteiger partial charge in [-0.15, -0.1) is 0 Å². The van der Waals surface area contributed by atoms with Crippen LogP contribution < -0.4 is 76.1 Å². The third-order valence-electron chi connectivity index (χ3n) is 9.59. The highest BCUT2D eigenvalue weighted by Gasteiger charge is 2.33. The Morgan fingerprint density at radius 1 is 0.453 bits per heavy atom. The van der Waals surface area contributed by atoms with Gasteiger partial charge in [-0.05, 0) is 83.6 Å². The summed E-state index contributed by atoms with van der Waals surface area (Å²) in [5.74, 6) is -6.80. The van der Waals surface area contributed by atoms with Crippen molar-refractivity contribution in [3.8, 4) is 0 Å². The summed E-state index contributed by atoms with van der Waals surface area (Å²) in [5.41, 5.74) is 21.4. The minimum Gasteiger partial charge on any atom is -0.370 e. The van der Waals surface area contributed by atoms with Crippen molar-refractivity contribution in [1.82, 2.24) is 53.2 Å². The third-order valence-corrected chi connectivity index (χ3v) is 10.2. The van der Waals surface area contributed by atoms with Crippen molar-refractivity contribution in [3.63, 3.8) is 0 Å². The topological polar surface area (TPSA) is 432 Å². The van der Waals surface area contributed by atoms with E-state index in [0.29, 0.717) is 25.1 Å². The van der Waals surface area contributed by atoms with Gasteiger partial charge in [0, 0.05) is 25.6 Å². The van der Waals surface area contributed by atoms with Gasteiger partial charge in [0.2, 0.25) is 47.3 Å². The maximum atomic E-state index is 13.7. The van der Waals surface area contributed by atoms with Crippen LogP contribution in [0.1, 0.15) is 86.5 Å². The number of guanidine groups is 3. The summed E-state index contributed by atoms with van der Waals surface area (Å²) in [5, 5.41) is 48.0. The van der Waals surface area contributed by atoms with Crippen molar-refractivity contribution in [2.24, 2.45) is 34.8 Å². The number of hydrogen-bond donors (Lipinski definition) is 17. The normalized spacial score (nSPS) is 14.6. The lowest BCUT2D eigenvalue weighted by atomic mass is 10.0. The molecule has 0 bridgehead atoms. The lowest BCUT2D eigenvalue weighted by Crippen LogP contribution is -2.60. The van der Waals surface area contributed by atoms with E-state index in [4.69, 9.17) is 39.2 Å². The molecule has 0 heterocycles. The predicted octanol–water partition coefficient (Wildman–Crippen LogP) is -4.24. The zero-order chi connectivity index (χ0) is 49.1. The molecule has 0 aromatic heterocycles. The molecular formula is C38H73N17O8S. The van der Waals surface area contributed by atoms with Crippen LogP contribution >= 0.6 is 11.8 Å². The second kappa shape index (κ2) is 30.9. The number of amides is 8. The Morgan fingerprint density at radius 3 is 1.19 bits per heavy atom. The molecule has 64 heavy (non-hydrogen) atoms. The van der Waals surface area contributed by atoms with E-state index in [1.54, 1.807) is 20.8 Å². The van der Waals surface area contributed by atoms with E-state index in [9.17, 15) is 38.4 Å². The van der Waals surface area contributed by atoms with Crippen molar-refractivity contribution in [2.75, 3.05) is 31.6 Å². The molecule has 0 aliphatic rings. The molecule has 364 valence electrons. The van der Waals surface area contributed by atoms with E-state index >= 15 is 0 Å². The van der Waals surface area contributed by atoms with Crippen LogP contribution in [0.15, 0.2) is 0 Å². The average Bonchev–Trinajstić information content (AvgIpc) is 3.20. The van der Waals surface area contributed by atoms with E-state index in [1.165, 1.54) is 32.5 Å². The van der Waals surface area contributed by atoms with Gasteiger partial charge in [-0.3, -0.25) is 54.6 Å². The summed E-state index contributed by atoms with van der Waals surface area (Å²) < 4.78 is 0. The van der Waals surface area contributed by atoms with E-state index in [1.807, 2.05) is 6.26 Å². The largest absolute Gasteiger partial charge is 0.370 e. The van der Waals surface area contributed by atoms with Crippen LogP contribution in [0, 0.1) is 28.1 Å². The number of hydrogen-bond acceptors (Lipinski definition) is 12. The number of nitrogens with one attached hydrogen (secondary N) is 13. The molecule has 0 saturated heterocycles. The summed E-state index contributed by atoms with van der Waals surface area (Å²) >= 11 is 1.46. The molecule has 21 N–H and O–H groups in total. The van der Waals surface area contributed by atoms with Crippen LogP contribution in [-0.2, 0) is 38.4 Å². The van der Waals surface area contributed by atoms with E-state index < -0.39 is 101 Å². The highest BCUT2D eigenvalue weighted by atomic mass is 32.2. The second-order valence-electron chi connectivity index (χ2n) is 15.6. The molecular weight excluding hydrogens is 855 g/mol. The van der Waals surface area contributed by atoms with Gasteiger partial charge in [0.05, 0.1) is 0 Å². The average molecular weight is 928 g/mol. The van der Waals surface area contributed by atoms with Crippen molar-refractivity contribution in [1.29, 1.82) is 16.2 Å². The Bertz CT molecular complexity index is 1620. The monoisotopic (exact) mass is 928 g/mol. The molecule has 26 heteroatoms. The third kappa shape index (κ3) is 24.5. The number of carbonyl (C=O) groups excluding carboxylic acids is 8. The van der Waals surface area contributed by atoms with Gasteiger partial charge in [-0.2, -0.15) is 11.8 Å². The summed E-state index contributed by atoms with van der Waals surface area (Å²) in [4.78, 5) is 105. The van der Waals surface area contributed by atoms with E-state index in [0.717, 1.165) is 0 Å². The summed E-state index contributed by atoms with van der Waals surface area (Å²) in [6, 6.07) is -8.07. The molecule has 8 amide bonds. The molecule has 0 fully saturated rings. The summed E-state index contributed by atoms with van der Waals surface area (Å²) in [7, 11) is 0. The van der Waals surface area contributed by atoms with Crippen molar-refractivity contribution < 1.29 is 38.4 Å². The van der Waals surface area contributed by atoms with Crippen molar-refractivity contribution in [2.45, 2.75) is 129 Å². The number of rotatable bonds is 31. The van der Waals surface area contributed by atoms with Crippen LogP contribution in [-0.4, -0.2) is 139 Å². The SMILES string of the molecule is CSCC[C@H](NC(=O)[C@H](C)NC(=O)[C@H](CCCNC(=N)N)NC(=O)[C@H](C)NC(=O)[C@@H](NC(=O)[C@H](CCCNC(=N)N)NC(=O)[C@H](C)NC(=O)[C@@H](C)CCCNC(=N)N)C(C)C)C(N)=O. The minimum absolute atomic E-state index is 0.0193. The van der Waals surface area contributed by atoms with Crippen LogP contribution in [0.3, 0.4) is 0 Å². The summed E-state index contributed by atoms with van der Waals surface area (Å²) in [6.07, 6.45) is 3.65. The fourth-order valence-electron chi connectivity index (χ4n) is 5.73. The highest BCUT2D eigenvalue weighted by molar-refractivity contribution is 7.98. The second-order valence-corrected chi connectivity index (χ2v) is 16.6. The zero-order valence-corrected chi connectivity index (χ0v) is 38.8. The van der Waals surface area contributed by atoms with Crippen LogP contribution in [0.4, 0.5) is 0 Å². The Labute approximate surface area is 379 Å². The first-order chi connectivity index (χ1) is 29.9. The zero-order valence-electron chi connectivity index (χ0n) is 38.0. The molecule has 0 aliphatic carbocycles. The van der Waals surface area contributed by atoms with Gasteiger partial charge in [0.25, 0.3) is 0 Å². The number of thioether (sulfide) groups is 1. The maximum Gasteiger partial charge on any atom is 0.243 e. The van der Waals surface area contributed by atoms with E-state index in [2.05, 4.69) is 53.2 Å². The minimum atomic E-state index is -1.25. The Kier molecular flexibility index (Phi) is 27.9. The maximum absolute atomic E-state index is 13.7. The quantitative estimate of drug-likeness (QED) is 0.0178. The van der Waals surface area contributed by atoms with Gasteiger partial charge < -0.3 is 76.1 Å². The number of nitrogens with two attached hydrogens (primary N) is 4. The first-order valence-electron chi connectivity index (χ1n) is 21.1. The van der Waals surface area contributed by atoms with Gasteiger partial charge in [0.15, 0.2) is 17.9 Å². The Hall–Kier alpha value is -6.08. The predicted molar refractivity (Wildman–Crippen MR) is 244 cm³/mol. The Morgan fingerprint density at radius 2 is 0.812 bits per heavy atom. The molecule has 0 aliphatic heterocycles. The molecule has 8 atom stereocenters. The van der Waals surface area contributed by atoms with Gasteiger partial charge >= 0.3 is 0 Å². The Balaban J connectivity index is 5.94. The first-order valence-corrected chi connectivity index (χ1v) is 22.4. The molecule has 0 rings (SSSR count). The van der Waals surface area contributed by atoms with Crippen molar-refractivity contribution in [3.05, 3.63) is 0 Å². The molecule has 0 saturated carbocycles.